The monoisotopic (exact) mass is 357 g/mol. The van der Waals surface area contributed by atoms with Crippen molar-refractivity contribution in [1.82, 2.24) is 15.1 Å². The Hall–Kier alpha value is -0.810. The molecule has 2 fully saturated rings. The average molecular weight is 358 g/mol. The molecule has 2 aliphatic rings. The fourth-order valence-corrected chi connectivity index (χ4v) is 3.58. The molecule has 1 aromatic carbocycles. The molecule has 2 saturated heterocycles. The molecule has 2 aliphatic heterocycles. The SMILES string of the molecule is Cl.O=C1CN(CC2CCNCC2)CCN1Cc1cccc(Cl)c1. The van der Waals surface area contributed by atoms with Crippen molar-refractivity contribution in [2.45, 2.75) is 19.4 Å². The van der Waals surface area contributed by atoms with E-state index in [1.165, 1.54) is 12.8 Å². The number of nitrogens with zero attached hydrogens (tertiary/aromatic N) is 2. The summed E-state index contributed by atoms with van der Waals surface area (Å²) in [6.45, 7) is 6.33. The van der Waals surface area contributed by atoms with E-state index < -0.39 is 0 Å². The van der Waals surface area contributed by atoms with Gasteiger partial charge < -0.3 is 10.2 Å². The van der Waals surface area contributed by atoms with Crippen molar-refractivity contribution in [2.75, 3.05) is 39.3 Å². The number of piperidine rings is 1. The van der Waals surface area contributed by atoms with Crippen molar-refractivity contribution < 1.29 is 4.79 Å². The molecular weight excluding hydrogens is 333 g/mol. The van der Waals surface area contributed by atoms with Crippen molar-refractivity contribution >= 4 is 29.9 Å². The highest BCUT2D eigenvalue weighted by atomic mass is 35.5. The quantitative estimate of drug-likeness (QED) is 0.898. The van der Waals surface area contributed by atoms with Crippen LogP contribution < -0.4 is 5.32 Å². The lowest BCUT2D eigenvalue weighted by atomic mass is 9.97. The maximum absolute atomic E-state index is 12.4. The number of carbonyl (C=O) groups excluding carboxylic acids is 1. The normalized spacial score (nSPS) is 20.4. The average Bonchev–Trinajstić information content (AvgIpc) is 2.51. The second-order valence-corrected chi connectivity index (χ2v) is 6.81. The Bertz CT molecular complexity index is 520. The molecule has 6 heteroatoms. The molecule has 0 saturated carbocycles. The van der Waals surface area contributed by atoms with E-state index in [4.69, 9.17) is 11.6 Å². The van der Waals surface area contributed by atoms with E-state index >= 15 is 0 Å². The number of hydrogen-bond acceptors (Lipinski definition) is 3. The third-order valence-electron chi connectivity index (χ3n) is 4.64. The van der Waals surface area contributed by atoms with Gasteiger partial charge in [-0.2, -0.15) is 0 Å². The predicted molar refractivity (Wildman–Crippen MR) is 96.2 cm³/mol. The van der Waals surface area contributed by atoms with Gasteiger partial charge in [-0.3, -0.25) is 9.69 Å². The van der Waals surface area contributed by atoms with Crippen molar-refractivity contribution in [1.29, 1.82) is 0 Å². The second kappa shape index (κ2) is 8.88. The van der Waals surface area contributed by atoms with Crippen LogP contribution in [0.5, 0.6) is 0 Å². The van der Waals surface area contributed by atoms with Gasteiger partial charge in [0.1, 0.15) is 0 Å². The van der Waals surface area contributed by atoms with Gasteiger partial charge in [-0.05, 0) is 49.5 Å². The molecule has 1 amide bonds. The fraction of sp³-hybridized carbons (Fsp3) is 0.588. The lowest BCUT2D eigenvalue weighted by Crippen LogP contribution is -2.51. The zero-order valence-electron chi connectivity index (χ0n) is 13.3. The summed E-state index contributed by atoms with van der Waals surface area (Å²) in [6.07, 6.45) is 2.47. The summed E-state index contributed by atoms with van der Waals surface area (Å²) in [5.74, 6) is 0.980. The Kier molecular flexibility index (Phi) is 7.15. The Labute approximate surface area is 149 Å². The number of carbonyl (C=O) groups is 1. The zero-order chi connectivity index (χ0) is 15.4. The first-order valence-electron chi connectivity index (χ1n) is 8.16. The number of amides is 1. The Morgan fingerprint density at radius 2 is 2.00 bits per heavy atom. The lowest BCUT2D eigenvalue weighted by molar-refractivity contribution is -0.137. The van der Waals surface area contributed by atoms with Crippen molar-refractivity contribution in [3.05, 3.63) is 34.9 Å². The first-order valence-corrected chi connectivity index (χ1v) is 8.54. The van der Waals surface area contributed by atoms with Crippen molar-refractivity contribution in [3.63, 3.8) is 0 Å². The Morgan fingerprint density at radius 3 is 2.70 bits per heavy atom. The summed E-state index contributed by atoms with van der Waals surface area (Å²) in [6, 6.07) is 7.77. The molecule has 2 heterocycles. The molecule has 0 spiro atoms. The van der Waals surface area contributed by atoms with Gasteiger partial charge >= 0.3 is 0 Å². The molecular formula is C17H25Cl2N3O. The van der Waals surface area contributed by atoms with Gasteiger partial charge in [0.15, 0.2) is 0 Å². The van der Waals surface area contributed by atoms with Crippen LogP contribution >= 0.6 is 24.0 Å². The largest absolute Gasteiger partial charge is 0.336 e. The molecule has 128 valence electrons. The van der Waals surface area contributed by atoms with Crippen LogP contribution in [0.15, 0.2) is 24.3 Å². The highest BCUT2D eigenvalue weighted by molar-refractivity contribution is 6.30. The van der Waals surface area contributed by atoms with Crippen LogP contribution in [-0.4, -0.2) is 55.0 Å². The molecule has 4 nitrogen and oxygen atoms in total. The third kappa shape index (κ3) is 5.35. The number of halogens is 2. The third-order valence-corrected chi connectivity index (χ3v) is 4.87. The number of piperazine rings is 1. The molecule has 0 unspecified atom stereocenters. The number of nitrogens with one attached hydrogen (secondary N) is 1. The van der Waals surface area contributed by atoms with Crippen molar-refractivity contribution in [2.24, 2.45) is 5.92 Å². The molecule has 0 bridgehead atoms. The molecule has 3 rings (SSSR count). The molecule has 0 aromatic heterocycles. The van der Waals surface area contributed by atoms with Crippen LogP contribution in [0.2, 0.25) is 5.02 Å². The number of rotatable bonds is 4. The Morgan fingerprint density at radius 1 is 1.22 bits per heavy atom. The van der Waals surface area contributed by atoms with Gasteiger partial charge in [0, 0.05) is 31.2 Å². The molecule has 1 aromatic rings. The van der Waals surface area contributed by atoms with E-state index in [1.54, 1.807) is 0 Å². The highest BCUT2D eigenvalue weighted by Crippen LogP contribution is 2.17. The van der Waals surface area contributed by atoms with Gasteiger partial charge in [-0.25, -0.2) is 0 Å². The van der Waals surface area contributed by atoms with Crippen LogP contribution in [0.4, 0.5) is 0 Å². The molecule has 0 atom stereocenters. The van der Waals surface area contributed by atoms with E-state index in [2.05, 4.69) is 10.2 Å². The summed E-state index contributed by atoms with van der Waals surface area (Å²) in [5.41, 5.74) is 1.10. The summed E-state index contributed by atoms with van der Waals surface area (Å²) >= 11 is 6.01. The zero-order valence-corrected chi connectivity index (χ0v) is 14.9. The summed E-state index contributed by atoms with van der Waals surface area (Å²) < 4.78 is 0. The summed E-state index contributed by atoms with van der Waals surface area (Å²) in [7, 11) is 0. The minimum absolute atomic E-state index is 0. The first kappa shape index (κ1) is 18.5. The molecule has 1 N–H and O–H groups in total. The van der Waals surface area contributed by atoms with Crippen LogP contribution in [0.3, 0.4) is 0 Å². The van der Waals surface area contributed by atoms with E-state index in [9.17, 15) is 4.79 Å². The minimum Gasteiger partial charge on any atom is -0.336 e. The number of benzene rings is 1. The Balaban J connectivity index is 0.00000192. The maximum atomic E-state index is 12.4. The second-order valence-electron chi connectivity index (χ2n) is 6.37. The van der Waals surface area contributed by atoms with Gasteiger partial charge in [0.2, 0.25) is 5.91 Å². The van der Waals surface area contributed by atoms with Gasteiger partial charge in [-0.1, -0.05) is 23.7 Å². The lowest BCUT2D eigenvalue weighted by Gasteiger charge is -2.37. The van der Waals surface area contributed by atoms with Crippen LogP contribution in [0.25, 0.3) is 0 Å². The highest BCUT2D eigenvalue weighted by Gasteiger charge is 2.26. The van der Waals surface area contributed by atoms with Gasteiger partial charge in [-0.15, -0.1) is 12.4 Å². The molecule has 23 heavy (non-hydrogen) atoms. The standard InChI is InChI=1S/C17H24ClN3O.ClH/c18-16-3-1-2-15(10-16)12-21-9-8-20(13-17(21)22)11-14-4-6-19-7-5-14;/h1-3,10,14,19H,4-9,11-13H2;1H. The van der Waals surface area contributed by atoms with E-state index in [0.717, 1.165) is 49.2 Å². The molecule has 0 aliphatic carbocycles. The molecule has 0 radical (unpaired) electrons. The van der Waals surface area contributed by atoms with E-state index in [-0.39, 0.29) is 18.3 Å². The smallest absolute Gasteiger partial charge is 0.237 e. The van der Waals surface area contributed by atoms with Crippen LogP contribution in [0.1, 0.15) is 18.4 Å². The summed E-state index contributed by atoms with van der Waals surface area (Å²) in [5, 5.41) is 4.13. The summed E-state index contributed by atoms with van der Waals surface area (Å²) in [4.78, 5) is 16.6. The van der Waals surface area contributed by atoms with E-state index in [0.29, 0.717) is 13.1 Å². The number of hydrogen-bond donors (Lipinski definition) is 1. The minimum atomic E-state index is 0. The van der Waals surface area contributed by atoms with Gasteiger partial charge in [0.05, 0.1) is 6.54 Å². The first-order chi connectivity index (χ1) is 10.7. The maximum Gasteiger partial charge on any atom is 0.237 e. The van der Waals surface area contributed by atoms with Crippen molar-refractivity contribution in [3.8, 4) is 0 Å². The van der Waals surface area contributed by atoms with Crippen LogP contribution in [-0.2, 0) is 11.3 Å². The van der Waals surface area contributed by atoms with Crippen LogP contribution in [0, 0.1) is 5.92 Å². The fourth-order valence-electron chi connectivity index (χ4n) is 3.37. The predicted octanol–water partition coefficient (Wildman–Crippen LogP) is 2.41. The van der Waals surface area contributed by atoms with E-state index in [1.807, 2.05) is 29.2 Å². The van der Waals surface area contributed by atoms with Gasteiger partial charge in [0.25, 0.3) is 0 Å². The topological polar surface area (TPSA) is 35.6 Å².